The molecule has 20 heavy (non-hydrogen) atoms. The van der Waals surface area contributed by atoms with Crippen molar-refractivity contribution in [3.05, 3.63) is 29.3 Å². The molecule has 2 heterocycles. The minimum Gasteiger partial charge on any atom is -0.389 e. The fourth-order valence-electron chi connectivity index (χ4n) is 2.62. The van der Waals surface area contributed by atoms with Crippen LogP contribution in [0, 0.1) is 0 Å². The molecule has 1 fully saturated rings. The molecule has 4 nitrogen and oxygen atoms in total. The van der Waals surface area contributed by atoms with Gasteiger partial charge < -0.3 is 9.84 Å². The Morgan fingerprint density at radius 2 is 2.20 bits per heavy atom. The van der Waals surface area contributed by atoms with Gasteiger partial charge in [0.1, 0.15) is 5.01 Å². The Hall–Kier alpha value is -1.01. The fourth-order valence-corrected chi connectivity index (χ4v) is 3.63. The van der Waals surface area contributed by atoms with Gasteiger partial charge in [-0.15, -0.1) is 11.3 Å². The van der Waals surface area contributed by atoms with Crippen molar-refractivity contribution in [2.75, 3.05) is 13.1 Å². The maximum atomic E-state index is 10.0. The summed E-state index contributed by atoms with van der Waals surface area (Å²) in [5, 5.41) is 11.1. The number of rotatable bonds is 4. The van der Waals surface area contributed by atoms with E-state index in [-0.39, 0.29) is 12.2 Å². The van der Waals surface area contributed by atoms with Gasteiger partial charge in [0, 0.05) is 13.1 Å². The lowest BCUT2D eigenvalue weighted by atomic mass is 10.2. The van der Waals surface area contributed by atoms with Crippen LogP contribution in [0.4, 0.5) is 0 Å². The summed E-state index contributed by atoms with van der Waals surface area (Å²) >= 11 is 1.73. The van der Waals surface area contributed by atoms with Crippen LogP contribution in [0.1, 0.15) is 18.9 Å². The van der Waals surface area contributed by atoms with Crippen molar-refractivity contribution < 1.29 is 9.84 Å². The van der Waals surface area contributed by atoms with Gasteiger partial charge in [-0.3, -0.25) is 4.90 Å². The number of para-hydroxylation sites is 1. The van der Waals surface area contributed by atoms with Crippen molar-refractivity contribution in [3.8, 4) is 0 Å². The smallest absolute Gasteiger partial charge is 0.108 e. The Bertz CT molecular complexity index is 551. The third-order valence-corrected chi connectivity index (χ3v) is 4.48. The second-order valence-electron chi connectivity index (χ2n) is 5.56. The van der Waals surface area contributed by atoms with Crippen molar-refractivity contribution in [2.45, 2.75) is 38.7 Å². The van der Waals surface area contributed by atoms with Crippen LogP contribution in [0.25, 0.3) is 10.2 Å². The third-order valence-electron chi connectivity index (χ3n) is 3.46. The molecule has 1 aliphatic heterocycles. The van der Waals surface area contributed by atoms with E-state index < -0.39 is 6.10 Å². The number of β-amino-alcohol motifs (C(OH)–C–C–N with tert-alkyl or cyclic N) is 1. The summed E-state index contributed by atoms with van der Waals surface area (Å²) in [4.78, 5) is 6.86. The molecule has 0 radical (unpaired) electrons. The van der Waals surface area contributed by atoms with Crippen molar-refractivity contribution in [1.82, 2.24) is 9.88 Å². The zero-order valence-electron chi connectivity index (χ0n) is 11.8. The minimum atomic E-state index is -0.397. The molecule has 0 saturated carbocycles. The van der Waals surface area contributed by atoms with E-state index in [9.17, 15) is 5.11 Å². The van der Waals surface area contributed by atoms with Gasteiger partial charge >= 0.3 is 0 Å². The number of aliphatic hydroxyl groups is 1. The van der Waals surface area contributed by atoms with Crippen LogP contribution in [0.15, 0.2) is 24.3 Å². The highest BCUT2D eigenvalue weighted by Crippen LogP contribution is 2.24. The Kier molecular flexibility index (Phi) is 4.03. The van der Waals surface area contributed by atoms with E-state index in [1.807, 2.05) is 32.0 Å². The largest absolute Gasteiger partial charge is 0.389 e. The summed E-state index contributed by atoms with van der Waals surface area (Å²) < 4.78 is 6.96. The normalized spacial score (nSPS) is 24.0. The van der Waals surface area contributed by atoms with E-state index in [4.69, 9.17) is 4.74 Å². The molecule has 1 aromatic carbocycles. The minimum absolute atomic E-state index is 0.0793. The molecule has 0 bridgehead atoms. The highest BCUT2D eigenvalue weighted by Gasteiger charge is 2.32. The quantitative estimate of drug-likeness (QED) is 0.939. The van der Waals surface area contributed by atoms with Crippen molar-refractivity contribution >= 4 is 21.6 Å². The number of ether oxygens (including phenoxy) is 1. The van der Waals surface area contributed by atoms with Crippen LogP contribution in [0.2, 0.25) is 0 Å². The van der Waals surface area contributed by atoms with Crippen LogP contribution in [0.3, 0.4) is 0 Å². The monoisotopic (exact) mass is 292 g/mol. The molecule has 5 heteroatoms. The van der Waals surface area contributed by atoms with Crippen LogP contribution >= 0.6 is 11.3 Å². The van der Waals surface area contributed by atoms with Gasteiger partial charge in [-0.1, -0.05) is 12.1 Å². The molecular formula is C15H20N2O2S. The van der Waals surface area contributed by atoms with Gasteiger partial charge in [-0.25, -0.2) is 4.98 Å². The molecule has 1 aromatic heterocycles. The van der Waals surface area contributed by atoms with Gasteiger partial charge in [0.15, 0.2) is 0 Å². The number of aliphatic hydroxyl groups excluding tert-OH is 1. The second kappa shape index (κ2) is 5.77. The fraction of sp³-hybridized carbons (Fsp3) is 0.533. The van der Waals surface area contributed by atoms with E-state index in [0.717, 1.165) is 23.6 Å². The third kappa shape index (κ3) is 3.01. The van der Waals surface area contributed by atoms with E-state index in [1.165, 1.54) is 4.70 Å². The van der Waals surface area contributed by atoms with Gasteiger partial charge in [0.2, 0.25) is 0 Å². The number of aromatic nitrogens is 1. The maximum Gasteiger partial charge on any atom is 0.108 e. The number of fused-ring (bicyclic) bond motifs is 1. The lowest BCUT2D eigenvalue weighted by Crippen LogP contribution is -2.29. The second-order valence-corrected chi connectivity index (χ2v) is 6.68. The lowest BCUT2D eigenvalue weighted by molar-refractivity contribution is -0.0396. The number of likely N-dealkylation sites (tertiary alicyclic amines) is 1. The number of hydrogen-bond donors (Lipinski definition) is 1. The van der Waals surface area contributed by atoms with Crippen LogP contribution in [-0.4, -0.2) is 46.4 Å². The summed E-state index contributed by atoms with van der Waals surface area (Å²) in [6.07, 6.45) is -0.326. The molecule has 0 aliphatic carbocycles. The van der Waals surface area contributed by atoms with Gasteiger partial charge in [-0.2, -0.15) is 0 Å². The van der Waals surface area contributed by atoms with Crippen molar-refractivity contribution in [3.63, 3.8) is 0 Å². The van der Waals surface area contributed by atoms with Crippen molar-refractivity contribution in [1.29, 1.82) is 0 Å². The molecule has 0 unspecified atom stereocenters. The summed E-state index contributed by atoms with van der Waals surface area (Å²) in [6.45, 7) is 6.22. The lowest BCUT2D eigenvalue weighted by Gasteiger charge is -2.17. The molecule has 1 saturated heterocycles. The molecule has 2 atom stereocenters. The summed E-state index contributed by atoms with van der Waals surface area (Å²) in [6, 6.07) is 8.19. The number of thiazole rings is 1. The Labute approximate surface area is 123 Å². The molecule has 1 N–H and O–H groups in total. The first kappa shape index (κ1) is 13.9. The van der Waals surface area contributed by atoms with Crippen molar-refractivity contribution in [2.24, 2.45) is 0 Å². The standard InChI is InChI=1S/C15H20N2O2S/c1-10(2)19-13-8-17(7-12(13)18)9-15-16-11-5-3-4-6-14(11)20-15/h3-6,10,12-13,18H,7-9H2,1-2H3/t12-,13-/m0/s1. The molecule has 108 valence electrons. The molecule has 0 spiro atoms. The number of benzene rings is 1. The summed E-state index contributed by atoms with van der Waals surface area (Å²) in [5.41, 5.74) is 1.06. The van der Waals surface area contributed by atoms with Crippen LogP contribution in [0.5, 0.6) is 0 Å². The van der Waals surface area contributed by atoms with Gasteiger partial charge in [0.25, 0.3) is 0 Å². The predicted molar refractivity (Wildman–Crippen MR) is 80.9 cm³/mol. The van der Waals surface area contributed by atoms with Crippen LogP contribution in [-0.2, 0) is 11.3 Å². The van der Waals surface area contributed by atoms with Gasteiger partial charge in [-0.05, 0) is 26.0 Å². The van der Waals surface area contributed by atoms with E-state index in [2.05, 4.69) is 16.0 Å². The van der Waals surface area contributed by atoms with Gasteiger partial charge in [0.05, 0.1) is 35.1 Å². The Morgan fingerprint density at radius 3 is 2.95 bits per heavy atom. The molecule has 0 amide bonds. The van der Waals surface area contributed by atoms with E-state index >= 15 is 0 Å². The highest BCUT2D eigenvalue weighted by atomic mass is 32.1. The first-order valence-electron chi connectivity index (χ1n) is 7.02. The average molecular weight is 292 g/mol. The predicted octanol–water partition coefficient (Wildman–Crippen LogP) is 2.27. The maximum absolute atomic E-state index is 10.0. The molecule has 1 aliphatic rings. The van der Waals surface area contributed by atoms with E-state index in [0.29, 0.717) is 6.54 Å². The zero-order valence-corrected chi connectivity index (χ0v) is 12.6. The molecule has 2 aromatic rings. The summed E-state index contributed by atoms with van der Waals surface area (Å²) in [5.74, 6) is 0. The number of nitrogens with zero attached hydrogens (tertiary/aromatic N) is 2. The first-order valence-corrected chi connectivity index (χ1v) is 7.84. The molecular weight excluding hydrogens is 272 g/mol. The topological polar surface area (TPSA) is 45.6 Å². The average Bonchev–Trinajstić information content (AvgIpc) is 2.92. The molecule has 3 rings (SSSR count). The zero-order chi connectivity index (χ0) is 14.1. The number of hydrogen-bond acceptors (Lipinski definition) is 5. The Morgan fingerprint density at radius 1 is 1.40 bits per heavy atom. The first-order chi connectivity index (χ1) is 9.61. The van der Waals surface area contributed by atoms with E-state index in [1.54, 1.807) is 11.3 Å². The SMILES string of the molecule is CC(C)O[C@H]1CN(Cc2nc3ccccc3s2)C[C@@H]1O. The highest BCUT2D eigenvalue weighted by molar-refractivity contribution is 7.18. The summed E-state index contributed by atoms with van der Waals surface area (Å²) in [7, 11) is 0. The Balaban J connectivity index is 1.66. The van der Waals surface area contributed by atoms with Crippen LogP contribution < -0.4 is 0 Å².